The first-order chi connectivity index (χ1) is 11.7. The van der Waals surface area contributed by atoms with Gasteiger partial charge in [-0.3, -0.25) is 19.6 Å². The van der Waals surface area contributed by atoms with Crippen LogP contribution >= 0.6 is 0 Å². The van der Waals surface area contributed by atoms with E-state index in [1.54, 1.807) is 24.3 Å². The number of hydrogen-bond donors (Lipinski definition) is 2. The van der Waals surface area contributed by atoms with Crippen molar-refractivity contribution in [1.29, 1.82) is 0 Å². The van der Waals surface area contributed by atoms with Crippen molar-refractivity contribution >= 4 is 28.5 Å². The van der Waals surface area contributed by atoms with Crippen molar-refractivity contribution in [2.24, 2.45) is 0 Å². The summed E-state index contributed by atoms with van der Waals surface area (Å²) in [6.07, 6.45) is 1.54. The summed E-state index contributed by atoms with van der Waals surface area (Å²) in [5.74, 6) is -1.05. The monoisotopic (exact) mass is 326 g/mol. The fourth-order valence-electron chi connectivity index (χ4n) is 2.39. The summed E-state index contributed by atoms with van der Waals surface area (Å²) < 4.78 is 5.33. The van der Waals surface area contributed by atoms with Crippen molar-refractivity contribution in [3.63, 3.8) is 0 Å². The minimum absolute atomic E-state index is 0.231. The molecule has 24 heavy (non-hydrogen) atoms. The zero-order chi connectivity index (χ0) is 17.1. The molecule has 0 bridgehead atoms. The predicted octanol–water partition coefficient (Wildman–Crippen LogP) is 2.76. The topological polar surface area (TPSA) is 92.0 Å². The Hall–Kier alpha value is -3.16. The fourth-order valence-corrected chi connectivity index (χ4v) is 2.39. The van der Waals surface area contributed by atoms with Crippen LogP contribution in [-0.4, -0.2) is 24.1 Å². The van der Waals surface area contributed by atoms with Crippen LogP contribution < -0.4 is 10.5 Å². The van der Waals surface area contributed by atoms with E-state index < -0.39 is 11.8 Å². The highest BCUT2D eigenvalue weighted by molar-refractivity contribution is 6.09. The standard InChI is InChI=1S/C17H14N2O5/c1-23-19(14-3-2-4-15-13(14)9-10-24-15)17(21)12-7-5-11(6-8-12)16(20)18-22/h2-10,22H,1H3,(H,18,20). The van der Waals surface area contributed by atoms with Crippen LogP contribution in [0.5, 0.6) is 0 Å². The predicted molar refractivity (Wildman–Crippen MR) is 85.7 cm³/mol. The van der Waals surface area contributed by atoms with Crippen LogP contribution in [-0.2, 0) is 4.84 Å². The lowest BCUT2D eigenvalue weighted by atomic mass is 10.1. The number of nitrogens with zero attached hydrogens (tertiary/aromatic N) is 1. The number of benzene rings is 2. The third kappa shape index (κ3) is 2.73. The van der Waals surface area contributed by atoms with Crippen LogP contribution in [0.15, 0.2) is 59.2 Å². The van der Waals surface area contributed by atoms with Gasteiger partial charge in [0.05, 0.1) is 19.1 Å². The molecule has 1 heterocycles. The lowest BCUT2D eigenvalue weighted by Crippen LogP contribution is -2.30. The maximum atomic E-state index is 12.7. The van der Waals surface area contributed by atoms with Crippen LogP contribution in [0, 0.1) is 0 Å². The molecule has 0 radical (unpaired) electrons. The Morgan fingerprint density at radius 3 is 2.46 bits per heavy atom. The van der Waals surface area contributed by atoms with Crippen molar-refractivity contribution in [2.45, 2.75) is 0 Å². The van der Waals surface area contributed by atoms with Crippen LogP contribution in [0.1, 0.15) is 20.7 Å². The van der Waals surface area contributed by atoms with Gasteiger partial charge in [0.2, 0.25) is 0 Å². The quantitative estimate of drug-likeness (QED) is 0.568. The zero-order valence-electron chi connectivity index (χ0n) is 12.7. The summed E-state index contributed by atoms with van der Waals surface area (Å²) in [6, 6.07) is 12.9. The molecular formula is C17H14N2O5. The summed E-state index contributed by atoms with van der Waals surface area (Å²) in [4.78, 5) is 29.3. The largest absolute Gasteiger partial charge is 0.464 e. The average Bonchev–Trinajstić information content (AvgIpc) is 3.11. The number of furan rings is 1. The molecule has 0 fully saturated rings. The number of amides is 2. The number of hydroxylamine groups is 2. The zero-order valence-corrected chi connectivity index (χ0v) is 12.7. The first-order valence-electron chi connectivity index (χ1n) is 7.05. The molecule has 3 rings (SSSR count). The van der Waals surface area contributed by atoms with E-state index in [4.69, 9.17) is 14.5 Å². The van der Waals surface area contributed by atoms with Crippen molar-refractivity contribution in [2.75, 3.05) is 12.2 Å². The molecule has 0 unspecified atom stereocenters. The van der Waals surface area contributed by atoms with Gasteiger partial charge in [-0.2, -0.15) is 5.06 Å². The molecule has 0 saturated heterocycles. The van der Waals surface area contributed by atoms with Gasteiger partial charge >= 0.3 is 0 Å². The minimum atomic E-state index is -0.652. The molecule has 0 spiro atoms. The van der Waals surface area contributed by atoms with E-state index in [0.717, 1.165) is 10.4 Å². The van der Waals surface area contributed by atoms with E-state index >= 15 is 0 Å². The van der Waals surface area contributed by atoms with Crippen molar-refractivity contribution in [3.05, 3.63) is 65.9 Å². The molecule has 3 aromatic rings. The number of fused-ring (bicyclic) bond motifs is 1. The molecule has 0 saturated carbocycles. The highest BCUT2D eigenvalue weighted by Crippen LogP contribution is 2.28. The maximum Gasteiger partial charge on any atom is 0.282 e. The molecule has 122 valence electrons. The van der Waals surface area contributed by atoms with Gasteiger partial charge in [0.1, 0.15) is 5.58 Å². The Labute approximate surface area is 137 Å². The Balaban J connectivity index is 1.95. The van der Waals surface area contributed by atoms with Crippen LogP contribution in [0.2, 0.25) is 0 Å². The van der Waals surface area contributed by atoms with E-state index in [0.29, 0.717) is 16.8 Å². The maximum absolute atomic E-state index is 12.7. The first kappa shape index (κ1) is 15.7. The first-order valence-corrected chi connectivity index (χ1v) is 7.05. The fraction of sp³-hybridized carbons (Fsp3) is 0.0588. The van der Waals surface area contributed by atoms with E-state index in [1.807, 2.05) is 0 Å². The van der Waals surface area contributed by atoms with Gasteiger partial charge in [-0.1, -0.05) is 6.07 Å². The van der Waals surface area contributed by atoms with E-state index in [-0.39, 0.29) is 5.56 Å². The van der Waals surface area contributed by atoms with Gasteiger partial charge in [0, 0.05) is 16.5 Å². The average molecular weight is 326 g/mol. The number of nitrogens with one attached hydrogen (secondary N) is 1. The molecule has 0 aliphatic carbocycles. The molecule has 0 aliphatic rings. The molecule has 2 aromatic carbocycles. The number of carbonyl (C=O) groups is 2. The van der Waals surface area contributed by atoms with Crippen LogP contribution in [0.25, 0.3) is 11.0 Å². The lowest BCUT2D eigenvalue weighted by Gasteiger charge is -2.20. The second-order valence-electron chi connectivity index (χ2n) is 4.91. The van der Waals surface area contributed by atoms with Crippen LogP contribution in [0.3, 0.4) is 0 Å². The van der Waals surface area contributed by atoms with Gasteiger partial charge in [-0.05, 0) is 42.5 Å². The molecule has 0 aliphatic heterocycles. The van der Waals surface area contributed by atoms with Gasteiger partial charge in [-0.25, -0.2) is 5.48 Å². The summed E-state index contributed by atoms with van der Waals surface area (Å²) in [7, 11) is 1.39. The van der Waals surface area contributed by atoms with Gasteiger partial charge in [-0.15, -0.1) is 0 Å². The third-order valence-electron chi connectivity index (χ3n) is 3.55. The Morgan fingerprint density at radius 1 is 1.08 bits per heavy atom. The Kier molecular flexibility index (Phi) is 4.28. The minimum Gasteiger partial charge on any atom is -0.464 e. The summed E-state index contributed by atoms with van der Waals surface area (Å²) in [6.45, 7) is 0. The van der Waals surface area contributed by atoms with Gasteiger partial charge < -0.3 is 4.42 Å². The molecule has 2 N–H and O–H groups in total. The molecule has 7 nitrogen and oxygen atoms in total. The van der Waals surface area contributed by atoms with Gasteiger partial charge in [0.15, 0.2) is 0 Å². The molecule has 2 amide bonds. The van der Waals surface area contributed by atoms with Crippen molar-refractivity contribution in [1.82, 2.24) is 5.48 Å². The second-order valence-corrected chi connectivity index (χ2v) is 4.91. The van der Waals surface area contributed by atoms with Crippen molar-refractivity contribution < 1.29 is 24.1 Å². The summed E-state index contributed by atoms with van der Waals surface area (Å²) in [5, 5.41) is 10.5. The van der Waals surface area contributed by atoms with E-state index in [9.17, 15) is 9.59 Å². The third-order valence-corrected chi connectivity index (χ3v) is 3.55. The highest BCUT2D eigenvalue weighted by atomic mass is 16.7. The van der Waals surface area contributed by atoms with E-state index in [2.05, 4.69) is 0 Å². The number of anilines is 1. The Bertz CT molecular complexity index is 885. The Morgan fingerprint density at radius 2 is 1.79 bits per heavy atom. The SMILES string of the molecule is CON(C(=O)c1ccc(C(=O)NO)cc1)c1cccc2occc12. The highest BCUT2D eigenvalue weighted by Gasteiger charge is 2.21. The van der Waals surface area contributed by atoms with Gasteiger partial charge in [0.25, 0.3) is 11.8 Å². The molecular weight excluding hydrogens is 312 g/mol. The molecule has 7 heteroatoms. The number of rotatable bonds is 4. The number of hydrogen-bond acceptors (Lipinski definition) is 5. The summed E-state index contributed by atoms with van der Waals surface area (Å²) >= 11 is 0. The molecule has 1 aromatic heterocycles. The van der Waals surface area contributed by atoms with E-state index in [1.165, 1.54) is 43.1 Å². The van der Waals surface area contributed by atoms with Crippen LogP contribution in [0.4, 0.5) is 5.69 Å². The summed E-state index contributed by atoms with van der Waals surface area (Å²) in [5.41, 5.74) is 3.28. The second kappa shape index (κ2) is 6.53. The van der Waals surface area contributed by atoms with Crippen molar-refractivity contribution in [3.8, 4) is 0 Å². The molecule has 0 atom stereocenters. The number of carbonyl (C=O) groups excluding carboxylic acids is 2. The smallest absolute Gasteiger partial charge is 0.282 e. The lowest BCUT2D eigenvalue weighted by molar-refractivity contribution is 0.0705. The normalized spacial score (nSPS) is 10.6.